The molecule has 1 saturated heterocycles. The van der Waals surface area contributed by atoms with Crippen LogP contribution < -0.4 is 9.64 Å². The number of nitrogens with zero attached hydrogens (tertiary/aromatic N) is 1. The molecule has 39 heavy (non-hydrogen) atoms. The molecule has 2 aromatic rings. The average molecular weight is 700 g/mol. The third-order valence-corrected chi connectivity index (χ3v) is 9.43. The summed E-state index contributed by atoms with van der Waals surface area (Å²) in [5.41, 5.74) is 2.69. The Kier molecular flexibility index (Phi) is 6.41. The molecule has 1 fully saturated rings. The van der Waals surface area contributed by atoms with E-state index in [1.165, 1.54) is 18.1 Å². The fraction of sp³-hybridized carbons (Fsp3) is 0.267. The molecule has 198 valence electrons. The molecular weight excluding hydrogens is 677 g/mol. The average Bonchev–Trinajstić information content (AvgIpc) is 3.17. The minimum absolute atomic E-state index is 0.136. The summed E-state index contributed by atoms with van der Waals surface area (Å²) in [7, 11) is 1.44. The van der Waals surface area contributed by atoms with Crippen molar-refractivity contribution in [2.75, 3.05) is 12.0 Å². The van der Waals surface area contributed by atoms with Crippen LogP contribution in [0.25, 0.3) is 0 Å². The van der Waals surface area contributed by atoms with Crippen LogP contribution in [0.4, 0.5) is 5.69 Å². The zero-order chi connectivity index (χ0) is 27.7. The highest BCUT2D eigenvalue weighted by Gasteiger charge is 2.57. The van der Waals surface area contributed by atoms with Gasteiger partial charge < -0.3 is 9.84 Å². The summed E-state index contributed by atoms with van der Waals surface area (Å²) in [5, 5.41) is 11.2. The lowest BCUT2D eigenvalue weighted by molar-refractivity contribution is -0.123. The van der Waals surface area contributed by atoms with Crippen LogP contribution in [0.2, 0.25) is 0 Å². The molecule has 0 saturated carbocycles. The summed E-state index contributed by atoms with van der Waals surface area (Å²) in [6, 6.07) is 10.6. The normalized spacial score (nSPS) is 26.2. The summed E-state index contributed by atoms with van der Waals surface area (Å²) in [6.07, 6.45) is 3.78. The number of halogens is 2. The van der Waals surface area contributed by atoms with Gasteiger partial charge in [0, 0.05) is 36.2 Å². The second-order valence-electron chi connectivity index (χ2n) is 10.3. The molecule has 3 aliphatic carbocycles. The van der Waals surface area contributed by atoms with Crippen molar-refractivity contribution >= 4 is 67.6 Å². The molecule has 9 heteroatoms. The van der Waals surface area contributed by atoms with E-state index in [2.05, 4.69) is 38.5 Å². The number of hydrogen-bond donors (Lipinski definition) is 1. The first-order valence-corrected chi connectivity index (χ1v) is 14.4. The maximum atomic E-state index is 13.9. The molecule has 1 N–H and O–H groups in total. The number of Topliss-reactive ketones (excluding diaryl/α,β-unsaturated/α-hetero) is 1. The predicted molar refractivity (Wildman–Crippen MR) is 155 cm³/mol. The number of anilines is 1. The van der Waals surface area contributed by atoms with Crippen LogP contribution in [-0.4, -0.2) is 35.6 Å². The van der Waals surface area contributed by atoms with Crippen molar-refractivity contribution in [3.8, 4) is 11.5 Å². The van der Waals surface area contributed by atoms with Crippen LogP contribution >= 0.6 is 38.5 Å². The van der Waals surface area contributed by atoms with Crippen molar-refractivity contribution in [1.82, 2.24) is 0 Å². The number of ketones is 2. The van der Waals surface area contributed by atoms with Gasteiger partial charge in [-0.25, -0.2) is 0 Å². The molecule has 1 heterocycles. The molecule has 2 aromatic carbocycles. The van der Waals surface area contributed by atoms with E-state index >= 15 is 0 Å². The Morgan fingerprint density at radius 1 is 1.05 bits per heavy atom. The Hall–Kier alpha value is -3.05. The lowest BCUT2D eigenvalue weighted by Crippen LogP contribution is -2.39. The molecule has 0 spiro atoms. The molecule has 2 amide bonds. The smallest absolute Gasteiger partial charge is 0.238 e. The lowest BCUT2D eigenvalue weighted by atomic mass is 9.59. The van der Waals surface area contributed by atoms with E-state index in [-0.39, 0.29) is 41.3 Å². The summed E-state index contributed by atoms with van der Waals surface area (Å²) in [6.45, 7) is 1.61. The van der Waals surface area contributed by atoms with Crippen LogP contribution in [0.15, 0.2) is 75.3 Å². The SMILES string of the molecule is COc1cc(Br)cc([C@H]2C3=CC[C@@H]4C(=O)N(c5ccc(I)cc5)C(=O)[C@@H]4[C@@H]3CC3=C2C(=O)C(C)=CC3=O)c1O. The number of carbonyl (C=O) groups excluding carboxylic acids is 4. The number of methoxy groups -OCH3 is 1. The van der Waals surface area contributed by atoms with Crippen LogP contribution in [0.5, 0.6) is 11.5 Å². The Bertz CT molecular complexity index is 1590. The van der Waals surface area contributed by atoms with E-state index in [4.69, 9.17) is 4.74 Å². The second kappa shape index (κ2) is 9.55. The molecular formula is C30H23BrINO6. The van der Waals surface area contributed by atoms with Crippen LogP contribution in [-0.2, 0) is 19.2 Å². The lowest BCUT2D eigenvalue weighted by Gasteiger charge is -2.42. The maximum Gasteiger partial charge on any atom is 0.238 e. The summed E-state index contributed by atoms with van der Waals surface area (Å²) < 4.78 is 7.00. The number of hydrogen-bond acceptors (Lipinski definition) is 6. The minimum Gasteiger partial charge on any atom is -0.504 e. The number of amides is 2. The standard InChI is InChI=1S/C30H23BrINO6/c1-13-9-22(34)20-12-19-17(24(26(20)27(13)35)21-10-14(31)11-23(39-2)28(21)36)7-8-18-25(19)30(38)33(29(18)37)16-5-3-15(32)4-6-16/h3-7,9-11,18-19,24-25,36H,8,12H2,1-2H3/t18-,19+,24+,25-/m0/s1. The summed E-state index contributed by atoms with van der Waals surface area (Å²) >= 11 is 5.64. The molecule has 0 radical (unpaired) electrons. The third kappa shape index (κ3) is 3.96. The number of allylic oxidation sites excluding steroid dienone is 6. The molecule has 0 aromatic heterocycles. The molecule has 4 atom stereocenters. The fourth-order valence-electron chi connectivity index (χ4n) is 6.53. The maximum absolute atomic E-state index is 13.9. The second-order valence-corrected chi connectivity index (χ2v) is 12.4. The van der Waals surface area contributed by atoms with Gasteiger partial charge in [0.2, 0.25) is 11.8 Å². The van der Waals surface area contributed by atoms with Gasteiger partial charge in [0.25, 0.3) is 0 Å². The quantitative estimate of drug-likeness (QED) is 0.199. The molecule has 4 aliphatic rings. The van der Waals surface area contributed by atoms with Crippen molar-refractivity contribution in [2.45, 2.75) is 25.7 Å². The van der Waals surface area contributed by atoms with E-state index in [9.17, 15) is 24.3 Å². The molecule has 1 aliphatic heterocycles. The number of ether oxygens (including phenoxy) is 1. The van der Waals surface area contributed by atoms with Gasteiger partial charge in [-0.3, -0.25) is 24.1 Å². The zero-order valence-corrected chi connectivity index (χ0v) is 24.8. The first-order valence-electron chi connectivity index (χ1n) is 12.5. The van der Waals surface area contributed by atoms with Gasteiger partial charge in [0.1, 0.15) is 0 Å². The van der Waals surface area contributed by atoms with Gasteiger partial charge in [-0.2, -0.15) is 0 Å². The Labute approximate surface area is 246 Å². The van der Waals surface area contributed by atoms with Crippen LogP contribution in [0.3, 0.4) is 0 Å². The minimum atomic E-state index is -0.763. The predicted octanol–water partition coefficient (Wildman–Crippen LogP) is 5.40. The number of phenolic OH excluding ortho intramolecular Hbond substituents is 1. The number of phenols is 1. The van der Waals surface area contributed by atoms with Crippen molar-refractivity contribution in [1.29, 1.82) is 0 Å². The first kappa shape index (κ1) is 26.2. The highest BCUT2D eigenvalue weighted by atomic mass is 127. The van der Waals surface area contributed by atoms with Crippen molar-refractivity contribution in [2.24, 2.45) is 17.8 Å². The number of imide groups is 1. The number of carbonyl (C=O) groups is 4. The van der Waals surface area contributed by atoms with E-state index in [0.717, 1.165) is 9.14 Å². The van der Waals surface area contributed by atoms with Gasteiger partial charge in [-0.1, -0.05) is 27.6 Å². The number of rotatable bonds is 3. The van der Waals surface area contributed by atoms with E-state index in [0.29, 0.717) is 38.9 Å². The number of aromatic hydroxyl groups is 1. The first-order chi connectivity index (χ1) is 18.6. The van der Waals surface area contributed by atoms with Crippen LogP contribution in [0, 0.1) is 21.3 Å². The summed E-state index contributed by atoms with van der Waals surface area (Å²) in [5.74, 6) is -3.50. The molecule has 7 nitrogen and oxygen atoms in total. The van der Waals surface area contributed by atoms with Crippen molar-refractivity contribution in [3.05, 3.63) is 84.4 Å². The van der Waals surface area contributed by atoms with Crippen molar-refractivity contribution in [3.63, 3.8) is 0 Å². The molecule has 6 rings (SSSR count). The Morgan fingerprint density at radius 2 is 1.77 bits per heavy atom. The van der Waals surface area contributed by atoms with Gasteiger partial charge in [-0.15, -0.1) is 0 Å². The Morgan fingerprint density at radius 3 is 2.46 bits per heavy atom. The molecule has 0 bridgehead atoms. The number of benzene rings is 2. The highest BCUT2D eigenvalue weighted by molar-refractivity contribution is 14.1. The molecule has 0 unspecified atom stereocenters. The summed E-state index contributed by atoms with van der Waals surface area (Å²) in [4.78, 5) is 55.6. The Balaban J connectivity index is 1.52. The third-order valence-electron chi connectivity index (χ3n) is 8.25. The van der Waals surface area contributed by atoms with Crippen LogP contribution in [0.1, 0.15) is 31.2 Å². The van der Waals surface area contributed by atoms with Crippen molar-refractivity contribution < 1.29 is 29.0 Å². The largest absolute Gasteiger partial charge is 0.504 e. The highest BCUT2D eigenvalue weighted by Crippen LogP contribution is 2.57. The fourth-order valence-corrected chi connectivity index (χ4v) is 7.35. The zero-order valence-electron chi connectivity index (χ0n) is 21.0. The van der Waals surface area contributed by atoms with Gasteiger partial charge in [-0.05, 0) is 90.7 Å². The van der Waals surface area contributed by atoms with Gasteiger partial charge >= 0.3 is 0 Å². The van der Waals surface area contributed by atoms with E-state index in [1.807, 2.05) is 18.2 Å². The van der Waals surface area contributed by atoms with E-state index in [1.54, 1.807) is 31.2 Å². The monoisotopic (exact) mass is 699 g/mol. The van der Waals surface area contributed by atoms with Gasteiger partial charge in [0.05, 0.1) is 24.6 Å². The van der Waals surface area contributed by atoms with E-state index < -0.39 is 23.7 Å². The number of fused-ring (bicyclic) bond motifs is 3. The topological polar surface area (TPSA) is 101 Å². The van der Waals surface area contributed by atoms with Gasteiger partial charge in [0.15, 0.2) is 23.1 Å².